The molecule has 3 rings (SSSR count). The highest BCUT2D eigenvalue weighted by molar-refractivity contribution is 7.91. The van der Waals surface area contributed by atoms with Crippen LogP contribution in [-0.2, 0) is 16.0 Å². The minimum absolute atomic E-state index is 0.201. The molecule has 1 N–H and O–H groups in total. The van der Waals surface area contributed by atoms with Crippen LogP contribution in [0.1, 0.15) is 15.9 Å². The quantitative estimate of drug-likeness (QED) is 0.702. The molecule has 0 saturated carbocycles. The number of nitrogens with one attached hydrogen (secondary N) is 1. The summed E-state index contributed by atoms with van der Waals surface area (Å²) in [7, 11) is -3.94. The van der Waals surface area contributed by atoms with Crippen molar-refractivity contribution >= 4 is 26.5 Å². The number of sulfone groups is 1. The van der Waals surface area contributed by atoms with Gasteiger partial charge in [-0.3, -0.25) is 4.79 Å². The zero-order chi connectivity index (χ0) is 20.4. The number of carbonyl (C=O) groups is 1. The van der Waals surface area contributed by atoms with E-state index < -0.39 is 38.3 Å². The number of benzene rings is 2. The second kappa shape index (κ2) is 7.59. The molecule has 28 heavy (non-hydrogen) atoms. The van der Waals surface area contributed by atoms with Gasteiger partial charge in [0.1, 0.15) is 0 Å². The summed E-state index contributed by atoms with van der Waals surface area (Å²) in [6, 6.07) is 13.9. The Morgan fingerprint density at radius 3 is 2.39 bits per heavy atom. The van der Waals surface area contributed by atoms with Crippen LogP contribution in [0.25, 0.3) is 10.8 Å². The van der Waals surface area contributed by atoms with Gasteiger partial charge in [-0.05, 0) is 29.0 Å². The number of halogens is 3. The molecule has 2 aromatic carbocycles. The zero-order valence-electron chi connectivity index (χ0n) is 14.4. The van der Waals surface area contributed by atoms with Crippen LogP contribution in [0.15, 0.2) is 65.8 Å². The molecule has 0 fully saturated rings. The highest BCUT2D eigenvalue weighted by Gasteiger charge is 2.31. The van der Waals surface area contributed by atoms with Gasteiger partial charge < -0.3 is 5.32 Å². The first kappa shape index (κ1) is 19.8. The SMILES string of the molecule is O=C(NCCS(=O)(=O)c1ccc(C(F)(F)F)cn1)c1cccc2ccccc12. The van der Waals surface area contributed by atoms with Crippen molar-refractivity contribution in [3.8, 4) is 0 Å². The van der Waals surface area contributed by atoms with Gasteiger partial charge in [0.2, 0.25) is 0 Å². The predicted octanol–water partition coefficient (Wildman–Crippen LogP) is 3.46. The van der Waals surface area contributed by atoms with Crippen LogP contribution in [0.2, 0.25) is 0 Å². The van der Waals surface area contributed by atoms with Crippen molar-refractivity contribution in [3.63, 3.8) is 0 Å². The third kappa shape index (κ3) is 4.30. The summed E-state index contributed by atoms with van der Waals surface area (Å²) in [6.07, 6.45) is -4.12. The summed E-state index contributed by atoms with van der Waals surface area (Å²) in [4.78, 5) is 15.8. The van der Waals surface area contributed by atoms with Gasteiger partial charge in [0.05, 0.1) is 11.3 Å². The fraction of sp³-hybridized carbons (Fsp3) is 0.158. The van der Waals surface area contributed by atoms with E-state index in [1.165, 1.54) is 0 Å². The Hall–Kier alpha value is -2.94. The van der Waals surface area contributed by atoms with Gasteiger partial charge in [0.25, 0.3) is 5.91 Å². The number of alkyl halides is 3. The summed E-state index contributed by atoms with van der Waals surface area (Å²) >= 11 is 0. The molecule has 1 heterocycles. The number of hydrogen-bond donors (Lipinski definition) is 1. The van der Waals surface area contributed by atoms with Crippen LogP contribution in [-0.4, -0.2) is 31.6 Å². The Labute approximate surface area is 159 Å². The van der Waals surface area contributed by atoms with Gasteiger partial charge in [-0.25, -0.2) is 13.4 Å². The molecule has 5 nitrogen and oxygen atoms in total. The Balaban J connectivity index is 1.67. The second-order valence-electron chi connectivity index (χ2n) is 5.98. The maximum atomic E-state index is 12.5. The van der Waals surface area contributed by atoms with Crippen LogP contribution in [0.4, 0.5) is 13.2 Å². The first-order valence-corrected chi connectivity index (χ1v) is 9.86. The van der Waals surface area contributed by atoms with Gasteiger partial charge in [-0.15, -0.1) is 0 Å². The standard InChI is InChI=1S/C19H15F3N2O3S/c20-19(21,22)14-8-9-17(24-12-14)28(26,27)11-10-23-18(25)16-7-3-5-13-4-1-2-6-15(13)16/h1-9,12H,10-11H2,(H,23,25). The van der Waals surface area contributed by atoms with Crippen LogP contribution in [0.3, 0.4) is 0 Å². The molecular weight excluding hydrogens is 393 g/mol. The molecule has 1 amide bonds. The highest BCUT2D eigenvalue weighted by Crippen LogP contribution is 2.28. The second-order valence-corrected chi connectivity index (χ2v) is 8.04. The minimum Gasteiger partial charge on any atom is -0.351 e. The number of carbonyl (C=O) groups excluding carboxylic acids is 1. The molecule has 0 aliphatic heterocycles. The van der Waals surface area contributed by atoms with E-state index in [0.717, 1.165) is 16.8 Å². The largest absolute Gasteiger partial charge is 0.417 e. The third-order valence-corrected chi connectivity index (χ3v) is 5.69. The van der Waals surface area contributed by atoms with Gasteiger partial charge in [0, 0.05) is 18.3 Å². The summed E-state index contributed by atoms with van der Waals surface area (Å²) < 4.78 is 62.1. The number of hydrogen-bond acceptors (Lipinski definition) is 4. The van der Waals surface area contributed by atoms with Crippen molar-refractivity contribution in [1.82, 2.24) is 10.3 Å². The Bertz CT molecular complexity index is 1110. The van der Waals surface area contributed by atoms with Crippen LogP contribution in [0, 0.1) is 0 Å². The van der Waals surface area contributed by atoms with Crippen molar-refractivity contribution in [3.05, 3.63) is 71.9 Å². The van der Waals surface area contributed by atoms with Crippen LogP contribution >= 0.6 is 0 Å². The maximum absolute atomic E-state index is 12.5. The Morgan fingerprint density at radius 1 is 1.00 bits per heavy atom. The highest BCUT2D eigenvalue weighted by atomic mass is 32.2. The molecule has 0 aliphatic rings. The normalized spacial score (nSPS) is 12.1. The van der Waals surface area contributed by atoms with Gasteiger partial charge >= 0.3 is 6.18 Å². The molecule has 146 valence electrons. The molecule has 1 aromatic heterocycles. The molecule has 0 saturated heterocycles. The molecular formula is C19H15F3N2O3S. The van der Waals surface area contributed by atoms with Crippen LogP contribution < -0.4 is 5.32 Å². The minimum atomic E-state index is -4.60. The third-order valence-electron chi connectivity index (χ3n) is 4.07. The summed E-state index contributed by atoms with van der Waals surface area (Å²) in [5.74, 6) is -0.922. The van der Waals surface area contributed by atoms with Crippen molar-refractivity contribution in [2.45, 2.75) is 11.2 Å². The van der Waals surface area contributed by atoms with Crippen LogP contribution in [0.5, 0.6) is 0 Å². The number of nitrogens with zero attached hydrogens (tertiary/aromatic N) is 1. The van der Waals surface area contributed by atoms with E-state index in [0.29, 0.717) is 17.8 Å². The fourth-order valence-electron chi connectivity index (χ4n) is 2.65. The molecule has 0 aliphatic carbocycles. The number of amides is 1. The van der Waals surface area contributed by atoms with E-state index in [-0.39, 0.29) is 6.54 Å². The van der Waals surface area contributed by atoms with E-state index in [2.05, 4.69) is 10.3 Å². The first-order valence-electron chi connectivity index (χ1n) is 8.20. The smallest absolute Gasteiger partial charge is 0.351 e. The maximum Gasteiger partial charge on any atom is 0.417 e. The number of pyridine rings is 1. The Kier molecular flexibility index (Phi) is 5.37. The Morgan fingerprint density at radius 2 is 1.71 bits per heavy atom. The lowest BCUT2D eigenvalue weighted by atomic mass is 10.0. The number of fused-ring (bicyclic) bond motifs is 1. The lowest BCUT2D eigenvalue weighted by Gasteiger charge is -2.09. The zero-order valence-corrected chi connectivity index (χ0v) is 15.2. The lowest BCUT2D eigenvalue weighted by molar-refractivity contribution is -0.137. The summed E-state index contributed by atoms with van der Waals surface area (Å²) in [5.41, 5.74) is -0.626. The summed E-state index contributed by atoms with van der Waals surface area (Å²) in [5, 5.41) is 3.66. The molecule has 3 aromatic rings. The monoisotopic (exact) mass is 408 g/mol. The molecule has 0 spiro atoms. The number of aromatic nitrogens is 1. The molecule has 0 bridgehead atoms. The molecule has 0 radical (unpaired) electrons. The summed E-state index contributed by atoms with van der Waals surface area (Å²) in [6.45, 7) is -0.201. The topological polar surface area (TPSA) is 76.1 Å². The van der Waals surface area contributed by atoms with E-state index >= 15 is 0 Å². The van der Waals surface area contributed by atoms with Crippen molar-refractivity contribution in [1.29, 1.82) is 0 Å². The average Bonchev–Trinajstić information content (AvgIpc) is 2.66. The molecule has 0 atom stereocenters. The average molecular weight is 408 g/mol. The van der Waals surface area contributed by atoms with Crippen molar-refractivity contribution < 1.29 is 26.4 Å². The predicted molar refractivity (Wildman–Crippen MR) is 97.6 cm³/mol. The van der Waals surface area contributed by atoms with E-state index in [4.69, 9.17) is 0 Å². The van der Waals surface area contributed by atoms with Gasteiger partial charge in [0.15, 0.2) is 14.9 Å². The van der Waals surface area contributed by atoms with E-state index in [1.54, 1.807) is 24.3 Å². The van der Waals surface area contributed by atoms with Crippen molar-refractivity contribution in [2.75, 3.05) is 12.3 Å². The lowest BCUT2D eigenvalue weighted by Crippen LogP contribution is -2.29. The molecule has 0 unspecified atom stereocenters. The molecule has 9 heteroatoms. The van der Waals surface area contributed by atoms with Gasteiger partial charge in [-0.2, -0.15) is 13.2 Å². The fourth-order valence-corrected chi connectivity index (χ4v) is 3.72. The van der Waals surface area contributed by atoms with E-state index in [9.17, 15) is 26.4 Å². The number of rotatable bonds is 5. The van der Waals surface area contributed by atoms with Gasteiger partial charge in [-0.1, -0.05) is 36.4 Å². The van der Waals surface area contributed by atoms with E-state index in [1.807, 2.05) is 18.2 Å². The van der Waals surface area contributed by atoms with Crippen molar-refractivity contribution in [2.24, 2.45) is 0 Å². The first-order chi connectivity index (χ1) is 13.2.